The van der Waals surface area contributed by atoms with Crippen LogP contribution in [0.25, 0.3) is 0 Å². The molecule has 0 aromatic rings. The van der Waals surface area contributed by atoms with E-state index in [0.29, 0.717) is 39.3 Å². The number of nitrogens with zero attached hydrogens (tertiary/aromatic N) is 1. The Morgan fingerprint density at radius 1 is 1.35 bits per heavy atom. The van der Waals surface area contributed by atoms with E-state index in [1.165, 1.54) is 0 Å². The highest BCUT2D eigenvalue weighted by atomic mass is 79.9. The fraction of sp³-hybridized carbons (Fsp3) is 0.818. The number of hydrogen-bond acceptors (Lipinski definition) is 3. The predicted molar refractivity (Wildman–Crippen MR) is 68.0 cm³/mol. The summed E-state index contributed by atoms with van der Waals surface area (Å²) in [4.78, 5) is 25.0. The Balaban J connectivity index is 2.22. The molecule has 1 saturated heterocycles. The maximum absolute atomic E-state index is 11.7. The monoisotopic (exact) mass is 306 g/mol. The van der Waals surface area contributed by atoms with Crippen molar-refractivity contribution >= 4 is 27.7 Å². The summed E-state index contributed by atoms with van der Waals surface area (Å²) < 4.78 is 4.58. The number of alkyl halides is 1. The second-order valence-electron chi connectivity index (χ2n) is 4.47. The molecule has 0 unspecified atom stereocenters. The van der Waals surface area contributed by atoms with Gasteiger partial charge in [0, 0.05) is 26.1 Å². The van der Waals surface area contributed by atoms with Crippen molar-refractivity contribution in [3.63, 3.8) is 0 Å². The quantitative estimate of drug-likeness (QED) is 0.771. The number of morpholine rings is 1. The van der Waals surface area contributed by atoms with E-state index in [1.54, 1.807) is 18.7 Å². The van der Waals surface area contributed by atoms with E-state index < -0.39 is 4.32 Å². The molecule has 6 heteroatoms. The van der Waals surface area contributed by atoms with Crippen molar-refractivity contribution in [3.8, 4) is 0 Å². The third kappa shape index (κ3) is 5.04. The highest BCUT2D eigenvalue weighted by molar-refractivity contribution is 9.10. The van der Waals surface area contributed by atoms with Crippen molar-refractivity contribution in [1.82, 2.24) is 10.2 Å². The van der Waals surface area contributed by atoms with Crippen LogP contribution in [-0.4, -0.2) is 53.9 Å². The van der Waals surface area contributed by atoms with Crippen LogP contribution in [0, 0.1) is 0 Å². The van der Waals surface area contributed by atoms with Crippen LogP contribution in [-0.2, 0) is 14.3 Å². The Morgan fingerprint density at radius 2 is 1.94 bits per heavy atom. The van der Waals surface area contributed by atoms with E-state index in [-0.39, 0.29) is 11.8 Å². The third-order valence-corrected chi connectivity index (χ3v) is 2.89. The van der Waals surface area contributed by atoms with Crippen LogP contribution in [0.5, 0.6) is 0 Å². The number of carbonyl (C=O) groups excluding carboxylic acids is 2. The molecule has 1 aliphatic heterocycles. The molecule has 0 saturated carbocycles. The summed E-state index contributed by atoms with van der Waals surface area (Å²) in [5.41, 5.74) is 0. The van der Waals surface area contributed by atoms with Gasteiger partial charge in [0.1, 0.15) is 0 Å². The van der Waals surface area contributed by atoms with Crippen molar-refractivity contribution in [1.29, 1.82) is 0 Å². The molecule has 5 nitrogen and oxygen atoms in total. The molecule has 1 N–H and O–H groups in total. The van der Waals surface area contributed by atoms with Crippen LogP contribution < -0.4 is 5.32 Å². The van der Waals surface area contributed by atoms with Gasteiger partial charge in [-0.15, -0.1) is 0 Å². The molecule has 1 heterocycles. The van der Waals surface area contributed by atoms with Crippen LogP contribution in [0.15, 0.2) is 0 Å². The average molecular weight is 307 g/mol. The van der Waals surface area contributed by atoms with Gasteiger partial charge >= 0.3 is 0 Å². The van der Waals surface area contributed by atoms with E-state index in [0.717, 1.165) is 0 Å². The summed E-state index contributed by atoms with van der Waals surface area (Å²) in [6, 6.07) is 0. The molecule has 0 atom stereocenters. The lowest BCUT2D eigenvalue weighted by Crippen LogP contribution is -2.43. The minimum atomic E-state index is -0.588. The summed E-state index contributed by atoms with van der Waals surface area (Å²) in [6.07, 6.45) is 0.342. The number of hydrogen-bond donors (Lipinski definition) is 1. The maximum atomic E-state index is 11.7. The molecule has 98 valence electrons. The molecular formula is C11H19BrN2O3. The lowest BCUT2D eigenvalue weighted by Gasteiger charge is -2.27. The van der Waals surface area contributed by atoms with Gasteiger partial charge in [0.05, 0.1) is 17.5 Å². The molecule has 0 aromatic carbocycles. The number of ether oxygens (including phenoxy) is 1. The minimum Gasteiger partial charge on any atom is -0.378 e. The zero-order valence-electron chi connectivity index (χ0n) is 10.3. The first-order chi connectivity index (χ1) is 7.91. The normalized spacial score (nSPS) is 16.8. The highest BCUT2D eigenvalue weighted by Gasteiger charge is 2.23. The first-order valence-electron chi connectivity index (χ1n) is 5.74. The first kappa shape index (κ1) is 14.4. The summed E-state index contributed by atoms with van der Waals surface area (Å²) in [5.74, 6) is -0.0340. The van der Waals surface area contributed by atoms with E-state index in [4.69, 9.17) is 4.74 Å². The number of halogens is 1. The van der Waals surface area contributed by atoms with Crippen molar-refractivity contribution in [2.24, 2.45) is 0 Å². The third-order valence-electron chi connectivity index (χ3n) is 2.53. The molecular weight excluding hydrogens is 288 g/mol. The van der Waals surface area contributed by atoms with Crippen LogP contribution in [0.1, 0.15) is 20.3 Å². The molecule has 0 bridgehead atoms. The zero-order valence-corrected chi connectivity index (χ0v) is 11.9. The van der Waals surface area contributed by atoms with Crippen LogP contribution in [0.4, 0.5) is 0 Å². The average Bonchev–Trinajstić information content (AvgIpc) is 2.28. The van der Waals surface area contributed by atoms with Crippen LogP contribution >= 0.6 is 15.9 Å². The summed E-state index contributed by atoms with van der Waals surface area (Å²) in [5, 5.41) is 2.73. The standard InChI is InChI=1S/C11H19BrN2O3/c1-11(2,12)10(16)13-4-3-9(15)14-5-7-17-8-6-14/h3-8H2,1-2H3,(H,13,16). The molecule has 0 aliphatic carbocycles. The van der Waals surface area contributed by atoms with Gasteiger partial charge < -0.3 is 15.0 Å². The van der Waals surface area contributed by atoms with E-state index >= 15 is 0 Å². The molecule has 0 spiro atoms. The predicted octanol–water partition coefficient (Wildman–Crippen LogP) is 0.525. The van der Waals surface area contributed by atoms with Gasteiger partial charge in [0.2, 0.25) is 11.8 Å². The van der Waals surface area contributed by atoms with Crippen molar-refractivity contribution < 1.29 is 14.3 Å². The summed E-state index contributed by atoms with van der Waals surface area (Å²) in [6.45, 7) is 6.43. The van der Waals surface area contributed by atoms with Gasteiger partial charge in [-0.2, -0.15) is 0 Å². The Labute approximate surface area is 110 Å². The number of nitrogens with one attached hydrogen (secondary N) is 1. The topological polar surface area (TPSA) is 58.6 Å². The number of rotatable bonds is 4. The second kappa shape index (κ2) is 6.35. The van der Waals surface area contributed by atoms with Crippen molar-refractivity contribution in [2.45, 2.75) is 24.6 Å². The first-order valence-corrected chi connectivity index (χ1v) is 6.53. The van der Waals surface area contributed by atoms with Crippen LogP contribution in [0.3, 0.4) is 0 Å². The molecule has 17 heavy (non-hydrogen) atoms. The van der Waals surface area contributed by atoms with E-state index in [2.05, 4.69) is 21.2 Å². The van der Waals surface area contributed by atoms with Crippen molar-refractivity contribution in [2.75, 3.05) is 32.8 Å². The van der Waals surface area contributed by atoms with Crippen LogP contribution in [0.2, 0.25) is 0 Å². The van der Waals surface area contributed by atoms with Gasteiger partial charge in [0.15, 0.2) is 0 Å². The zero-order chi connectivity index (χ0) is 12.9. The largest absolute Gasteiger partial charge is 0.378 e. The Kier molecular flexibility index (Phi) is 5.39. The fourth-order valence-corrected chi connectivity index (χ4v) is 1.60. The van der Waals surface area contributed by atoms with Gasteiger partial charge in [0.25, 0.3) is 0 Å². The van der Waals surface area contributed by atoms with E-state index in [9.17, 15) is 9.59 Å². The smallest absolute Gasteiger partial charge is 0.236 e. The number of carbonyl (C=O) groups is 2. The number of amides is 2. The second-order valence-corrected chi connectivity index (χ2v) is 6.45. The van der Waals surface area contributed by atoms with Gasteiger partial charge in [-0.3, -0.25) is 9.59 Å². The molecule has 1 fully saturated rings. The Hall–Kier alpha value is -0.620. The highest BCUT2D eigenvalue weighted by Crippen LogP contribution is 2.15. The Bertz CT molecular complexity index is 283. The summed E-state index contributed by atoms with van der Waals surface area (Å²) >= 11 is 3.26. The van der Waals surface area contributed by atoms with E-state index in [1.807, 2.05) is 0 Å². The maximum Gasteiger partial charge on any atom is 0.236 e. The Morgan fingerprint density at radius 3 is 2.47 bits per heavy atom. The molecule has 0 radical (unpaired) electrons. The van der Waals surface area contributed by atoms with Gasteiger partial charge in [-0.25, -0.2) is 0 Å². The fourth-order valence-electron chi connectivity index (χ4n) is 1.46. The molecule has 2 amide bonds. The molecule has 1 rings (SSSR count). The van der Waals surface area contributed by atoms with Gasteiger partial charge in [-0.05, 0) is 13.8 Å². The lowest BCUT2D eigenvalue weighted by molar-refractivity contribution is -0.135. The van der Waals surface area contributed by atoms with Gasteiger partial charge in [-0.1, -0.05) is 15.9 Å². The minimum absolute atomic E-state index is 0.0704. The lowest BCUT2D eigenvalue weighted by atomic mass is 10.2. The summed E-state index contributed by atoms with van der Waals surface area (Å²) in [7, 11) is 0. The van der Waals surface area contributed by atoms with Crippen molar-refractivity contribution in [3.05, 3.63) is 0 Å². The molecule has 0 aromatic heterocycles. The molecule has 1 aliphatic rings. The SMILES string of the molecule is CC(C)(Br)C(=O)NCCC(=O)N1CCOCC1.